The number of hydrogen-bond acceptors (Lipinski definition) is 9. The molecule has 1 amide bonds. The molecule has 1 aliphatic rings. The molecule has 3 heterocycles. The first-order valence-electron chi connectivity index (χ1n) is 11.2. The zero-order valence-corrected chi connectivity index (χ0v) is 20.0. The molecule has 0 radical (unpaired) electrons. The number of halogens is 2. The molecule has 1 aromatic carbocycles. The first-order valence-corrected chi connectivity index (χ1v) is 11.2. The van der Waals surface area contributed by atoms with Crippen molar-refractivity contribution >= 4 is 34.8 Å². The first-order chi connectivity index (χ1) is 17.0. The second-order valence-electron chi connectivity index (χ2n) is 8.87. The molecule has 11 nitrogen and oxygen atoms in total. The van der Waals surface area contributed by atoms with E-state index in [1.807, 2.05) is 0 Å². The standard InChI is InChI=1S/C23H26F2N6O5/c1-12(2)17(32)30-21-28-15(26-4)14-16(29-21)31(11-27-14)20-22(3,24)19(34)23(25,36-20)10-35-18(33)13-8-6-5-7-9-13/h5-9,11-12,19-20,34H,10H2,1-4H3,(H2,26,28,29,30,32)/t19-,20+,22+,23+/m0/s1. The van der Waals surface area contributed by atoms with Gasteiger partial charge in [-0.3, -0.25) is 14.7 Å². The van der Waals surface area contributed by atoms with E-state index in [4.69, 9.17) is 9.47 Å². The van der Waals surface area contributed by atoms with Gasteiger partial charge in [0.05, 0.1) is 11.9 Å². The Labute approximate surface area is 204 Å². The smallest absolute Gasteiger partial charge is 0.338 e. The molecule has 0 unspecified atom stereocenters. The van der Waals surface area contributed by atoms with Gasteiger partial charge >= 0.3 is 5.97 Å². The lowest BCUT2D eigenvalue weighted by atomic mass is 9.97. The monoisotopic (exact) mass is 504 g/mol. The number of rotatable bonds is 7. The van der Waals surface area contributed by atoms with Crippen LogP contribution in [0.1, 0.15) is 37.4 Å². The van der Waals surface area contributed by atoms with Crippen LogP contribution < -0.4 is 10.6 Å². The van der Waals surface area contributed by atoms with Crippen molar-refractivity contribution in [3.05, 3.63) is 42.2 Å². The van der Waals surface area contributed by atoms with Gasteiger partial charge in [0.2, 0.25) is 11.9 Å². The molecule has 36 heavy (non-hydrogen) atoms. The molecule has 3 N–H and O–H groups in total. The topological polar surface area (TPSA) is 140 Å². The van der Waals surface area contributed by atoms with Gasteiger partial charge in [-0.25, -0.2) is 18.6 Å². The Morgan fingerprint density at radius 1 is 1.25 bits per heavy atom. The maximum Gasteiger partial charge on any atom is 0.338 e. The Bertz CT molecular complexity index is 1280. The number of fused-ring (bicyclic) bond motifs is 1. The largest absolute Gasteiger partial charge is 0.456 e. The molecular weight excluding hydrogens is 478 g/mol. The molecule has 0 spiro atoms. The minimum absolute atomic E-state index is 0.0139. The summed E-state index contributed by atoms with van der Waals surface area (Å²) >= 11 is 0. The minimum atomic E-state index is -3.07. The number of anilines is 2. The highest BCUT2D eigenvalue weighted by Crippen LogP contribution is 2.48. The number of aliphatic hydroxyl groups is 1. The van der Waals surface area contributed by atoms with Crippen molar-refractivity contribution in [2.45, 2.75) is 44.6 Å². The van der Waals surface area contributed by atoms with Gasteiger partial charge in [0.25, 0.3) is 5.85 Å². The number of aromatic nitrogens is 4. The summed E-state index contributed by atoms with van der Waals surface area (Å²) in [4.78, 5) is 37.0. The molecule has 0 aliphatic carbocycles. The van der Waals surface area contributed by atoms with E-state index in [-0.39, 0.29) is 40.3 Å². The fraction of sp³-hybridized carbons (Fsp3) is 0.435. The Morgan fingerprint density at radius 3 is 2.58 bits per heavy atom. The van der Waals surface area contributed by atoms with Crippen LogP contribution in [-0.4, -0.2) is 67.8 Å². The number of esters is 1. The van der Waals surface area contributed by atoms with Crippen molar-refractivity contribution in [2.75, 3.05) is 24.3 Å². The number of aliphatic hydroxyl groups excluding tert-OH is 1. The van der Waals surface area contributed by atoms with E-state index in [0.29, 0.717) is 0 Å². The minimum Gasteiger partial charge on any atom is -0.456 e. The van der Waals surface area contributed by atoms with Crippen LogP contribution in [-0.2, 0) is 14.3 Å². The number of carbonyl (C=O) groups excluding carboxylic acids is 2. The molecular formula is C23H26F2N6O5. The second-order valence-corrected chi connectivity index (χ2v) is 8.87. The lowest BCUT2D eigenvalue weighted by Gasteiger charge is -2.25. The highest BCUT2D eigenvalue weighted by atomic mass is 19.2. The average molecular weight is 504 g/mol. The summed E-state index contributed by atoms with van der Waals surface area (Å²) < 4.78 is 42.9. The number of ether oxygens (including phenoxy) is 2. The summed E-state index contributed by atoms with van der Waals surface area (Å²) in [5, 5.41) is 15.9. The van der Waals surface area contributed by atoms with Crippen LogP contribution in [0.25, 0.3) is 11.2 Å². The van der Waals surface area contributed by atoms with Crippen LogP contribution in [0.3, 0.4) is 0 Å². The molecule has 1 fully saturated rings. The van der Waals surface area contributed by atoms with Crippen LogP contribution in [0, 0.1) is 5.92 Å². The Balaban J connectivity index is 1.65. The lowest BCUT2D eigenvalue weighted by Crippen LogP contribution is -2.47. The fourth-order valence-electron chi connectivity index (χ4n) is 3.76. The van der Waals surface area contributed by atoms with Gasteiger partial charge in [0.15, 0.2) is 41.6 Å². The lowest BCUT2D eigenvalue weighted by molar-refractivity contribution is -0.206. The molecule has 192 valence electrons. The Hall–Kier alpha value is -3.71. The van der Waals surface area contributed by atoms with Crippen LogP contribution in [0.15, 0.2) is 36.7 Å². The molecule has 1 aliphatic heterocycles. The van der Waals surface area contributed by atoms with Gasteiger partial charge in [-0.15, -0.1) is 0 Å². The number of alkyl halides is 2. The number of amides is 1. The van der Waals surface area contributed by atoms with E-state index in [2.05, 4.69) is 25.6 Å². The van der Waals surface area contributed by atoms with Crippen molar-refractivity contribution in [1.82, 2.24) is 19.5 Å². The normalized spacial score (nSPS) is 25.8. The Kier molecular flexibility index (Phi) is 6.62. The number of imidazole rings is 1. The van der Waals surface area contributed by atoms with Crippen molar-refractivity contribution in [2.24, 2.45) is 5.92 Å². The SMILES string of the molecule is CNc1nc(NC(=O)C(C)C)nc2c1ncn2[C@@H]1O[C@](F)(COC(=O)c2ccccc2)[C@@H](O)[C@@]1(C)F. The molecule has 4 atom stereocenters. The summed E-state index contributed by atoms with van der Waals surface area (Å²) in [5.74, 6) is -4.51. The number of hydrogen-bond donors (Lipinski definition) is 3. The number of nitrogens with one attached hydrogen (secondary N) is 2. The van der Waals surface area contributed by atoms with Gasteiger partial charge in [-0.2, -0.15) is 9.97 Å². The number of nitrogens with zero attached hydrogens (tertiary/aromatic N) is 4. The summed E-state index contributed by atoms with van der Waals surface area (Å²) in [5.41, 5.74) is -2.32. The molecule has 4 rings (SSSR count). The van der Waals surface area contributed by atoms with E-state index in [1.54, 1.807) is 39.1 Å². The van der Waals surface area contributed by atoms with Gasteiger partial charge in [0.1, 0.15) is 0 Å². The molecule has 13 heteroatoms. The maximum atomic E-state index is 15.8. The van der Waals surface area contributed by atoms with Crippen LogP contribution in [0.5, 0.6) is 0 Å². The number of benzene rings is 1. The van der Waals surface area contributed by atoms with Crippen LogP contribution in [0.4, 0.5) is 20.5 Å². The molecule has 3 aromatic rings. The summed E-state index contributed by atoms with van der Waals surface area (Å²) in [6, 6.07) is 7.82. The van der Waals surface area contributed by atoms with E-state index in [0.717, 1.165) is 17.8 Å². The predicted octanol–water partition coefficient (Wildman–Crippen LogP) is 2.60. The Morgan fingerprint density at radius 2 is 1.94 bits per heavy atom. The average Bonchev–Trinajstić information content (AvgIpc) is 3.35. The van der Waals surface area contributed by atoms with Crippen molar-refractivity contribution < 1.29 is 33.0 Å². The van der Waals surface area contributed by atoms with Gasteiger partial charge in [-0.1, -0.05) is 32.0 Å². The van der Waals surface area contributed by atoms with Crippen molar-refractivity contribution in [3.8, 4) is 0 Å². The highest BCUT2D eigenvalue weighted by Gasteiger charge is 2.65. The van der Waals surface area contributed by atoms with E-state index in [9.17, 15) is 14.7 Å². The van der Waals surface area contributed by atoms with Gasteiger partial charge in [0, 0.05) is 13.0 Å². The highest BCUT2D eigenvalue weighted by molar-refractivity contribution is 5.92. The zero-order chi connectivity index (χ0) is 26.3. The van der Waals surface area contributed by atoms with Gasteiger partial charge < -0.3 is 19.9 Å². The van der Waals surface area contributed by atoms with E-state index >= 15 is 8.78 Å². The third-order valence-electron chi connectivity index (χ3n) is 5.81. The van der Waals surface area contributed by atoms with Crippen LogP contribution >= 0.6 is 0 Å². The predicted molar refractivity (Wildman–Crippen MR) is 125 cm³/mol. The molecule has 1 saturated heterocycles. The summed E-state index contributed by atoms with van der Waals surface area (Å²) in [7, 11) is 1.57. The van der Waals surface area contributed by atoms with Crippen molar-refractivity contribution in [1.29, 1.82) is 0 Å². The van der Waals surface area contributed by atoms with Crippen LogP contribution in [0.2, 0.25) is 0 Å². The first kappa shape index (κ1) is 25.4. The zero-order valence-electron chi connectivity index (χ0n) is 20.0. The third kappa shape index (κ3) is 4.46. The third-order valence-corrected chi connectivity index (χ3v) is 5.81. The van der Waals surface area contributed by atoms with E-state index in [1.165, 1.54) is 12.1 Å². The molecule has 2 aromatic heterocycles. The quantitative estimate of drug-likeness (QED) is 0.414. The molecule has 0 bridgehead atoms. The van der Waals surface area contributed by atoms with Gasteiger partial charge in [-0.05, 0) is 19.1 Å². The fourth-order valence-corrected chi connectivity index (χ4v) is 3.76. The number of carbonyl (C=O) groups is 2. The molecule has 0 saturated carbocycles. The van der Waals surface area contributed by atoms with Crippen molar-refractivity contribution in [3.63, 3.8) is 0 Å². The summed E-state index contributed by atoms with van der Waals surface area (Å²) in [6.07, 6.45) is -2.90. The second kappa shape index (κ2) is 9.39. The van der Waals surface area contributed by atoms with E-state index < -0.39 is 36.4 Å². The summed E-state index contributed by atoms with van der Waals surface area (Å²) in [6.45, 7) is 3.27. The maximum absolute atomic E-state index is 15.8.